The van der Waals surface area contributed by atoms with Crippen molar-refractivity contribution in [1.29, 1.82) is 0 Å². The minimum Gasteiger partial charge on any atom is -0.379 e. The number of nitrogens with one attached hydrogen (secondary N) is 1. The first kappa shape index (κ1) is 9.36. The fourth-order valence-electron chi connectivity index (χ4n) is 1.52. The Kier molecular flexibility index (Phi) is 2.60. The zero-order chi connectivity index (χ0) is 9.86. The highest BCUT2D eigenvalue weighted by Gasteiger charge is 2.33. The molecule has 1 unspecified atom stereocenters. The maximum atomic E-state index is 5.72. The van der Waals surface area contributed by atoms with E-state index in [1.165, 1.54) is 0 Å². The van der Waals surface area contributed by atoms with Gasteiger partial charge in [0.1, 0.15) is 0 Å². The number of rotatable bonds is 3. The zero-order valence-electron chi connectivity index (χ0n) is 7.94. The third kappa shape index (κ3) is 1.83. The number of nitrogens with two attached hydrogens (primary N) is 1. The molecular formula is C9H14N4O. The van der Waals surface area contributed by atoms with E-state index in [0.717, 1.165) is 13.0 Å². The van der Waals surface area contributed by atoms with Gasteiger partial charge in [0.2, 0.25) is 5.95 Å². The molecule has 2 heterocycles. The molecular weight excluding hydrogens is 180 g/mol. The summed E-state index contributed by atoms with van der Waals surface area (Å²) in [5.41, 5.74) is 5.54. The van der Waals surface area contributed by atoms with E-state index >= 15 is 0 Å². The molecule has 1 atom stereocenters. The van der Waals surface area contributed by atoms with Gasteiger partial charge < -0.3 is 15.8 Å². The van der Waals surface area contributed by atoms with Crippen molar-refractivity contribution in [1.82, 2.24) is 9.97 Å². The van der Waals surface area contributed by atoms with E-state index in [9.17, 15) is 0 Å². The molecule has 0 aliphatic carbocycles. The lowest BCUT2D eigenvalue weighted by atomic mass is 9.99. The van der Waals surface area contributed by atoms with E-state index in [0.29, 0.717) is 19.1 Å². The highest BCUT2D eigenvalue weighted by Crippen LogP contribution is 2.20. The standard InChI is InChI=1S/C9H14N4O/c10-6-9(2-5-14-7-9)13-8-11-3-1-4-12-8/h1,3-4H,2,5-7,10H2,(H,11,12,13). The van der Waals surface area contributed by atoms with Crippen LogP contribution in [-0.2, 0) is 4.74 Å². The molecule has 5 heteroatoms. The largest absolute Gasteiger partial charge is 0.379 e. The van der Waals surface area contributed by atoms with Gasteiger partial charge in [0, 0.05) is 25.5 Å². The first-order valence-electron chi connectivity index (χ1n) is 4.68. The molecule has 1 aromatic rings. The van der Waals surface area contributed by atoms with Crippen molar-refractivity contribution in [3.8, 4) is 0 Å². The van der Waals surface area contributed by atoms with Crippen molar-refractivity contribution in [2.75, 3.05) is 25.1 Å². The molecule has 5 nitrogen and oxygen atoms in total. The fraction of sp³-hybridized carbons (Fsp3) is 0.556. The molecule has 14 heavy (non-hydrogen) atoms. The van der Waals surface area contributed by atoms with Crippen LogP contribution in [0.3, 0.4) is 0 Å². The smallest absolute Gasteiger partial charge is 0.223 e. The monoisotopic (exact) mass is 194 g/mol. The van der Waals surface area contributed by atoms with Gasteiger partial charge in [-0.05, 0) is 12.5 Å². The van der Waals surface area contributed by atoms with Crippen LogP contribution < -0.4 is 11.1 Å². The topological polar surface area (TPSA) is 73.1 Å². The number of hydrogen-bond acceptors (Lipinski definition) is 5. The van der Waals surface area contributed by atoms with Gasteiger partial charge in [0.25, 0.3) is 0 Å². The summed E-state index contributed by atoms with van der Waals surface area (Å²) >= 11 is 0. The van der Waals surface area contributed by atoms with Crippen molar-refractivity contribution in [3.63, 3.8) is 0 Å². The van der Waals surface area contributed by atoms with E-state index in [-0.39, 0.29) is 5.54 Å². The van der Waals surface area contributed by atoms with Gasteiger partial charge >= 0.3 is 0 Å². The van der Waals surface area contributed by atoms with Crippen molar-refractivity contribution in [3.05, 3.63) is 18.5 Å². The number of hydrogen-bond donors (Lipinski definition) is 2. The predicted molar refractivity (Wildman–Crippen MR) is 52.9 cm³/mol. The molecule has 0 radical (unpaired) electrons. The molecule has 0 bridgehead atoms. The molecule has 0 spiro atoms. The third-order valence-electron chi connectivity index (χ3n) is 2.44. The number of ether oxygens (including phenoxy) is 1. The summed E-state index contributed by atoms with van der Waals surface area (Å²) in [6, 6.07) is 1.78. The molecule has 1 fully saturated rings. The Balaban J connectivity index is 2.08. The third-order valence-corrected chi connectivity index (χ3v) is 2.44. The van der Waals surface area contributed by atoms with Gasteiger partial charge in [0.15, 0.2) is 0 Å². The second kappa shape index (κ2) is 3.89. The van der Waals surface area contributed by atoms with Crippen LogP contribution in [-0.4, -0.2) is 35.3 Å². The molecule has 1 aromatic heterocycles. The first-order valence-corrected chi connectivity index (χ1v) is 4.68. The van der Waals surface area contributed by atoms with Crippen molar-refractivity contribution < 1.29 is 4.74 Å². The van der Waals surface area contributed by atoms with Gasteiger partial charge in [-0.25, -0.2) is 9.97 Å². The van der Waals surface area contributed by atoms with Gasteiger partial charge in [-0.1, -0.05) is 0 Å². The van der Waals surface area contributed by atoms with Crippen LogP contribution >= 0.6 is 0 Å². The van der Waals surface area contributed by atoms with Gasteiger partial charge in [-0.2, -0.15) is 0 Å². The molecule has 2 rings (SSSR count). The maximum absolute atomic E-state index is 5.72. The lowest BCUT2D eigenvalue weighted by molar-refractivity contribution is 0.183. The van der Waals surface area contributed by atoms with Crippen LogP contribution in [0.25, 0.3) is 0 Å². The Hall–Kier alpha value is -1.20. The quantitative estimate of drug-likeness (QED) is 0.709. The summed E-state index contributed by atoms with van der Waals surface area (Å²) in [6.07, 6.45) is 4.31. The lowest BCUT2D eigenvalue weighted by Crippen LogP contribution is -2.46. The van der Waals surface area contributed by atoms with Gasteiger partial charge in [0.05, 0.1) is 12.1 Å². The summed E-state index contributed by atoms with van der Waals surface area (Å²) in [4.78, 5) is 8.20. The summed E-state index contributed by atoms with van der Waals surface area (Å²) in [7, 11) is 0. The van der Waals surface area contributed by atoms with E-state index in [1.807, 2.05) is 0 Å². The Labute approximate surface area is 82.7 Å². The Morgan fingerprint density at radius 3 is 2.86 bits per heavy atom. The summed E-state index contributed by atoms with van der Waals surface area (Å²) < 4.78 is 5.33. The molecule has 1 aliphatic heterocycles. The van der Waals surface area contributed by atoms with Gasteiger partial charge in [-0.3, -0.25) is 0 Å². The fourth-order valence-corrected chi connectivity index (χ4v) is 1.52. The van der Waals surface area contributed by atoms with Crippen molar-refractivity contribution in [2.24, 2.45) is 5.73 Å². The SMILES string of the molecule is NCC1(Nc2ncccn2)CCOC1. The maximum Gasteiger partial charge on any atom is 0.223 e. The van der Waals surface area contributed by atoms with Crippen LogP contribution in [0.5, 0.6) is 0 Å². The second-order valence-corrected chi connectivity index (χ2v) is 3.48. The molecule has 0 saturated carbocycles. The molecule has 1 saturated heterocycles. The van der Waals surface area contributed by atoms with Crippen LogP contribution in [0.2, 0.25) is 0 Å². The minimum absolute atomic E-state index is 0.179. The van der Waals surface area contributed by atoms with Crippen LogP contribution in [0.4, 0.5) is 5.95 Å². The number of aromatic nitrogens is 2. The molecule has 0 aromatic carbocycles. The zero-order valence-corrected chi connectivity index (χ0v) is 7.94. The molecule has 3 N–H and O–H groups in total. The van der Waals surface area contributed by atoms with Gasteiger partial charge in [-0.15, -0.1) is 0 Å². The van der Waals surface area contributed by atoms with Crippen LogP contribution in [0.1, 0.15) is 6.42 Å². The van der Waals surface area contributed by atoms with Crippen LogP contribution in [0.15, 0.2) is 18.5 Å². The van der Waals surface area contributed by atoms with E-state index in [4.69, 9.17) is 10.5 Å². The summed E-state index contributed by atoms with van der Waals surface area (Å²) in [6.45, 7) is 1.91. The Bertz CT molecular complexity index is 284. The summed E-state index contributed by atoms with van der Waals surface area (Å²) in [5.74, 6) is 0.614. The van der Waals surface area contributed by atoms with Crippen LogP contribution in [0, 0.1) is 0 Å². The van der Waals surface area contributed by atoms with Crippen molar-refractivity contribution >= 4 is 5.95 Å². The number of nitrogens with zero attached hydrogens (tertiary/aromatic N) is 2. The molecule has 0 amide bonds. The normalized spacial score (nSPS) is 26.4. The average Bonchev–Trinajstić information content (AvgIpc) is 2.69. The molecule has 76 valence electrons. The van der Waals surface area contributed by atoms with E-state index < -0.39 is 0 Å². The van der Waals surface area contributed by atoms with Crippen molar-refractivity contribution in [2.45, 2.75) is 12.0 Å². The Morgan fingerprint density at radius 1 is 1.50 bits per heavy atom. The highest BCUT2D eigenvalue weighted by molar-refractivity contribution is 5.29. The number of anilines is 1. The first-order chi connectivity index (χ1) is 6.85. The summed E-state index contributed by atoms with van der Waals surface area (Å²) in [5, 5.41) is 3.23. The second-order valence-electron chi connectivity index (χ2n) is 3.48. The average molecular weight is 194 g/mol. The van der Waals surface area contributed by atoms with E-state index in [2.05, 4.69) is 15.3 Å². The molecule has 1 aliphatic rings. The highest BCUT2D eigenvalue weighted by atomic mass is 16.5. The lowest BCUT2D eigenvalue weighted by Gasteiger charge is -2.26. The Morgan fingerprint density at radius 2 is 2.29 bits per heavy atom. The minimum atomic E-state index is -0.179. The predicted octanol–water partition coefficient (Wildman–Crippen LogP) is 0.00630. The van der Waals surface area contributed by atoms with E-state index in [1.54, 1.807) is 18.5 Å².